The molecule has 0 spiro atoms. The van der Waals surface area contributed by atoms with Gasteiger partial charge >= 0.3 is 0 Å². The maximum atomic E-state index is 2.44. The molecule has 0 aromatic heterocycles. The van der Waals surface area contributed by atoms with Crippen LogP contribution >= 0.6 is 0 Å². The van der Waals surface area contributed by atoms with E-state index in [0.717, 1.165) is 6.04 Å². The quantitative estimate of drug-likeness (QED) is 0.529. The van der Waals surface area contributed by atoms with Crippen LogP contribution < -0.4 is 0 Å². The van der Waals surface area contributed by atoms with Crippen molar-refractivity contribution in [1.29, 1.82) is 0 Å². The zero-order chi connectivity index (χ0) is 7.56. The van der Waals surface area contributed by atoms with E-state index in [4.69, 9.17) is 0 Å². The van der Waals surface area contributed by atoms with Crippen LogP contribution in [0.3, 0.4) is 0 Å². The van der Waals surface area contributed by atoms with E-state index in [1.165, 1.54) is 12.8 Å². The second-order valence-electron chi connectivity index (χ2n) is 3.36. The normalized spacial score (nSPS) is 19.7. The fourth-order valence-electron chi connectivity index (χ4n) is 1.36. The van der Waals surface area contributed by atoms with Gasteiger partial charge in [0.15, 0.2) is 0 Å². The van der Waals surface area contributed by atoms with Crippen LogP contribution in [0.5, 0.6) is 0 Å². The van der Waals surface area contributed by atoms with Crippen LogP contribution in [0.15, 0.2) is 12.2 Å². The smallest absolute Gasteiger partial charge is 0.0164 e. The van der Waals surface area contributed by atoms with Crippen LogP contribution in [0.1, 0.15) is 26.7 Å². The molecule has 0 fully saturated rings. The first-order valence-electron chi connectivity index (χ1n) is 4.08. The first-order valence-corrected chi connectivity index (χ1v) is 4.08. The van der Waals surface area contributed by atoms with Crippen molar-refractivity contribution in [2.24, 2.45) is 0 Å². The molecule has 0 saturated heterocycles. The predicted octanol–water partition coefficient (Wildman–Crippen LogP) is 2.05. The zero-order valence-corrected chi connectivity index (χ0v) is 7.17. The lowest BCUT2D eigenvalue weighted by Gasteiger charge is -2.27. The average molecular weight is 139 g/mol. The molecular weight excluding hydrogens is 122 g/mol. The van der Waals surface area contributed by atoms with Crippen LogP contribution in [0.25, 0.3) is 0 Å². The Kier molecular flexibility index (Phi) is 2.50. The second-order valence-corrected chi connectivity index (χ2v) is 3.36. The number of nitrogens with zero attached hydrogens (tertiary/aromatic N) is 1. The highest BCUT2D eigenvalue weighted by Gasteiger charge is 2.16. The summed E-state index contributed by atoms with van der Waals surface area (Å²) in [5, 5.41) is 0. The molecule has 0 bridgehead atoms. The van der Waals surface area contributed by atoms with Crippen LogP contribution in [-0.2, 0) is 0 Å². The third-order valence-corrected chi connectivity index (χ3v) is 2.37. The molecule has 1 aliphatic carbocycles. The minimum absolute atomic E-state index is 0.685. The first-order chi connectivity index (χ1) is 4.72. The molecule has 1 nitrogen and oxygen atoms in total. The topological polar surface area (TPSA) is 3.24 Å². The standard InChI is InChI=1S/C9H17N/c1-8(2)10(3)9-6-4-5-7-9/h4-5,8-9H,6-7H2,1-3H3. The van der Waals surface area contributed by atoms with E-state index in [1.54, 1.807) is 0 Å². The summed E-state index contributed by atoms with van der Waals surface area (Å²) < 4.78 is 0. The van der Waals surface area contributed by atoms with E-state index in [9.17, 15) is 0 Å². The molecule has 0 aromatic rings. The monoisotopic (exact) mass is 139 g/mol. The molecule has 0 aromatic carbocycles. The van der Waals surface area contributed by atoms with Crippen molar-refractivity contribution in [3.05, 3.63) is 12.2 Å². The SMILES string of the molecule is CC(C)N(C)C1CC=CC1. The fourth-order valence-corrected chi connectivity index (χ4v) is 1.36. The molecule has 0 heterocycles. The van der Waals surface area contributed by atoms with Crippen LogP contribution in [0.4, 0.5) is 0 Å². The minimum Gasteiger partial charge on any atom is -0.300 e. The van der Waals surface area contributed by atoms with Crippen molar-refractivity contribution in [3.8, 4) is 0 Å². The third-order valence-electron chi connectivity index (χ3n) is 2.37. The van der Waals surface area contributed by atoms with Gasteiger partial charge in [0.25, 0.3) is 0 Å². The molecule has 0 amide bonds. The van der Waals surface area contributed by atoms with Gasteiger partial charge in [0.2, 0.25) is 0 Å². The Morgan fingerprint density at radius 2 is 1.80 bits per heavy atom. The Bertz CT molecular complexity index is 119. The van der Waals surface area contributed by atoms with Gasteiger partial charge in [-0.05, 0) is 33.7 Å². The number of hydrogen-bond acceptors (Lipinski definition) is 1. The molecule has 58 valence electrons. The molecule has 1 aliphatic rings. The Morgan fingerprint density at radius 3 is 2.20 bits per heavy atom. The molecule has 0 N–H and O–H groups in total. The summed E-state index contributed by atoms with van der Waals surface area (Å²) in [4.78, 5) is 2.44. The first kappa shape index (κ1) is 7.80. The highest BCUT2D eigenvalue weighted by molar-refractivity contribution is 4.98. The van der Waals surface area contributed by atoms with E-state index in [-0.39, 0.29) is 0 Å². The molecule has 0 saturated carbocycles. The maximum absolute atomic E-state index is 2.44. The zero-order valence-electron chi connectivity index (χ0n) is 7.17. The van der Waals surface area contributed by atoms with E-state index < -0.39 is 0 Å². The van der Waals surface area contributed by atoms with Gasteiger partial charge in [-0.25, -0.2) is 0 Å². The van der Waals surface area contributed by atoms with Crippen molar-refractivity contribution < 1.29 is 0 Å². The molecule has 0 unspecified atom stereocenters. The molecule has 0 aliphatic heterocycles. The van der Waals surface area contributed by atoms with Crippen molar-refractivity contribution in [2.45, 2.75) is 38.8 Å². The highest BCUT2D eigenvalue weighted by Crippen LogP contribution is 2.16. The fraction of sp³-hybridized carbons (Fsp3) is 0.778. The van der Waals surface area contributed by atoms with Gasteiger partial charge in [-0.2, -0.15) is 0 Å². The molecule has 10 heavy (non-hydrogen) atoms. The Labute approximate surface area is 63.7 Å². The average Bonchev–Trinajstić information content (AvgIpc) is 2.36. The number of hydrogen-bond donors (Lipinski definition) is 0. The second kappa shape index (κ2) is 3.20. The summed E-state index contributed by atoms with van der Waals surface area (Å²) in [7, 11) is 2.21. The van der Waals surface area contributed by atoms with Gasteiger partial charge in [0, 0.05) is 12.1 Å². The lowest BCUT2D eigenvalue weighted by atomic mass is 10.2. The Balaban J connectivity index is 2.34. The van der Waals surface area contributed by atoms with E-state index >= 15 is 0 Å². The van der Waals surface area contributed by atoms with Gasteiger partial charge in [-0.3, -0.25) is 0 Å². The van der Waals surface area contributed by atoms with Gasteiger partial charge in [-0.1, -0.05) is 12.2 Å². The molecule has 0 atom stereocenters. The maximum Gasteiger partial charge on any atom is 0.0164 e. The lowest BCUT2D eigenvalue weighted by molar-refractivity contribution is 0.203. The Hall–Kier alpha value is -0.300. The van der Waals surface area contributed by atoms with Gasteiger partial charge in [-0.15, -0.1) is 0 Å². The van der Waals surface area contributed by atoms with Crippen molar-refractivity contribution in [3.63, 3.8) is 0 Å². The van der Waals surface area contributed by atoms with E-state index in [2.05, 4.69) is 37.9 Å². The van der Waals surface area contributed by atoms with Crippen LogP contribution in [-0.4, -0.2) is 24.0 Å². The van der Waals surface area contributed by atoms with E-state index in [1.807, 2.05) is 0 Å². The van der Waals surface area contributed by atoms with Gasteiger partial charge in [0.1, 0.15) is 0 Å². The minimum atomic E-state index is 0.685. The highest BCUT2D eigenvalue weighted by atomic mass is 15.1. The predicted molar refractivity (Wildman–Crippen MR) is 45.1 cm³/mol. The summed E-state index contributed by atoms with van der Waals surface area (Å²) in [5.74, 6) is 0. The summed E-state index contributed by atoms with van der Waals surface area (Å²) in [6.07, 6.45) is 7.05. The summed E-state index contributed by atoms with van der Waals surface area (Å²) in [6, 6.07) is 1.46. The summed E-state index contributed by atoms with van der Waals surface area (Å²) in [5.41, 5.74) is 0. The molecule has 1 rings (SSSR count). The van der Waals surface area contributed by atoms with E-state index in [0.29, 0.717) is 6.04 Å². The summed E-state index contributed by atoms with van der Waals surface area (Å²) >= 11 is 0. The third kappa shape index (κ3) is 1.60. The van der Waals surface area contributed by atoms with Gasteiger partial charge < -0.3 is 4.90 Å². The summed E-state index contributed by atoms with van der Waals surface area (Å²) in [6.45, 7) is 4.50. The van der Waals surface area contributed by atoms with Crippen molar-refractivity contribution in [2.75, 3.05) is 7.05 Å². The van der Waals surface area contributed by atoms with Crippen molar-refractivity contribution >= 4 is 0 Å². The molecule has 0 radical (unpaired) electrons. The van der Waals surface area contributed by atoms with Crippen LogP contribution in [0, 0.1) is 0 Å². The number of rotatable bonds is 2. The molecular formula is C9H17N. The van der Waals surface area contributed by atoms with Crippen molar-refractivity contribution in [1.82, 2.24) is 4.90 Å². The largest absolute Gasteiger partial charge is 0.300 e. The van der Waals surface area contributed by atoms with Gasteiger partial charge in [0.05, 0.1) is 0 Å². The lowest BCUT2D eigenvalue weighted by Crippen LogP contribution is -2.35. The molecule has 1 heteroatoms. The Morgan fingerprint density at radius 1 is 1.30 bits per heavy atom. The van der Waals surface area contributed by atoms with Crippen LogP contribution in [0.2, 0.25) is 0 Å².